The summed E-state index contributed by atoms with van der Waals surface area (Å²) in [6.07, 6.45) is 1.67. The first kappa shape index (κ1) is 9.99. The summed E-state index contributed by atoms with van der Waals surface area (Å²) < 4.78 is 0. The minimum atomic E-state index is 0. The molecule has 2 radical (unpaired) electrons. The SMILES string of the molecule is Oc1cccc2cccnc12.[Sr]. The maximum absolute atomic E-state index is 9.31. The van der Waals surface area contributed by atoms with Crippen molar-refractivity contribution in [2.45, 2.75) is 0 Å². The van der Waals surface area contributed by atoms with Crippen LogP contribution in [0.4, 0.5) is 0 Å². The largest absolute Gasteiger partial charge is 0.506 e. The molecule has 0 aliphatic rings. The first-order valence-corrected chi connectivity index (χ1v) is 3.40. The molecule has 2 rings (SSSR count). The van der Waals surface area contributed by atoms with E-state index in [9.17, 15) is 5.11 Å². The minimum Gasteiger partial charge on any atom is -0.506 e. The van der Waals surface area contributed by atoms with Gasteiger partial charge in [0.1, 0.15) is 11.3 Å². The monoisotopic (exact) mass is 233 g/mol. The van der Waals surface area contributed by atoms with E-state index in [0.717, 1.165) is 5.39 Å². The molecular formula is C9H7NOSr. The number of phenols is 1. The zero-order valence-electron chi connectivity index (χ0n) is 6.57. The number of rotatable bonds is 0. The van der Waals surface area contributed by atoms with Gasteiger partial charge in [0.25, 0.3) is 0 Å². The summed E-state index contributed by atoms with van der Waals surface area (Å²) >= 11 is 0. The molecule has 0 bridgehead atoms. The number of aromatic hydroxyl groups is 1. The van der Waals surface area contributed by atoms with Crippen molar-refractivity contribution in [3.8, 4) is 5.75 Å². The number of para-hydroxylation sites is 1. The van der Waals surface area contributed by atoms with Gasteiger partial charge >= 0.3 is 0 Å². The number of fused-ring (bicyclic) bond motifs is 1. The number of benzene rings is 1. The smallest absolute Gasteiger partial charge is 0.141 e. The fourth-order valence-electron chi connectivity index (χ4n) is 1.09. The maximum atomic E-state index is 9.31. The van der Waals surface area contributed by atoms with E-state index in [1.54, 1.807) is 18.3 Å². The molecule has 1 aromatic carbocycles. The van der Waals surface area contributed by atoms with Gasteiger partial charge < -0.3 is 5.11 Å². The number of hydrogen-bond donors (Lipinski definition) is 1. The molecule has 0 fully saturated rings. The topological polar surface area (TPSA) is 33.1 Å². The Labute approximate surface area is 108 Å². The van der Waals surface area contributed by atoms with E-state index in [4.69, 9.17) is 0 Å². The Kier molecular flexibility index (Phi) is 3.53. The zero-order chi connectivity index (χ0) is 7.68. The molecule has 0 saturated heterocycles. The van der Waals surface area contributed by atoms with Gasteiger partial charge in [-0.25, -0.2) is 0 Å². The summed E-state index contributed by atoms with van der Waals surface area (Å²) in [7, 11) is 0. The molecule has 56 valence electrons. The van der Waals surface area contributed by atoms with Gasteiger partial charge in [-0.2, -0.15) is 0 Å². The Hall–Kier alpha value is -0.0895. The van der Waals surface area contributed by atoms with Crippen LogP contribution in [0.15, 0.2) is 36.5 Å². The van der Waals surface area contributed by atoms with Gasteiger partial charge in [0.2, 0.25) is 0 Å². The Morgan fingerprint density at radius 3 is 2.58 bits per heavy atom. The summed E-state index contributed by atoms with van der Waals surface area (Å²) in [4.78, 5) is 4.03. The first-order valence-electron chi connectivity index (χ1n) is 3.40. The van der Waals surface area contributed by atoms with Crippen LogP contribution in [0.25, 0.3) is 10.9 Å². The van der Waals surface area contributed by atoms with Gasteiger partial charge in [-0.1, -0.05) is 18.2 Å². The maximum Gasteiger partial charge on any atom is 0.141 e. The molecule has 2 aromatic rings. The van der Waals surface area contributed by atoms with Crippen LogP contribution in [0.1, 0.15) is 0 Å². The Balaban J connectivity index is 0.000000720. The quantitative estimate of drug-likeness (QED) is 0.700. The second kappa shape index (κ2) is 4.23. The van der Waals surface area contributed by atoms with E-state index in [1.807, 2.05) is 18.2 Å². The third kappa shape index (κ3) is 1.80. The standard InChI is InChI=1S/C9H7NO.Sr/c11-8-5-1-3-7-4-2-6-10-9(7)8;/h1-6,11H;. The Morgan fingerprint density at radius 2 is 1.83 bits per heavy atom. The average Bonchev–Trinajstić information content (AvgIpc) is 2.06. The van der Waals surface area contributed by atoms with Crippen molar-refractivity contribution in [2.75, 3.05) is 0 Å². The van der Waals surface area contributed by atoms with Crippen LogP contribution in [-0.2, 0) is 0 Å². The van der Waals surface area contributed by atoms with E-state index in [0.29, 0.717) is 5.52 Å². The van der Waals surface area contributed by atoms with Crippen molar-refractivity contribution in [1.82, 2.24) is 4.98 Å². The summed E-state index contributed by atoms with van der Waals surface area (Å²) in [5.74, 6) is 0.239. The number of pyridine rings is 1. The second-order valence-corrected chi connectivity index (χ2v) is 2.35. The van der Waals surface area contributed by atoms with E-state index in [1.165, 1.54) is 0 Å². The molecule has 12 heavy (non-hydrogen) atoms. The van der Waals surface area contributed by atoms with Crippen LogP contribution in [0.2, 0.25) is 0 Å². The van der Waals surface area contributed by atoms with Crippen LogP contribution in [0.5, 0.6) is 5.75 Å². The van der Waals surface area contributed by atoms with Crippen LogP contribution in [0, 0.1) is 0 Å². The van der Waals surface area contributed by atoms with Gasteiger partial charge in [0.15, 0.2) is 0 Å². The fourth-order valence-corrected chi connectivity index (χ4v) is 1.09. The zero-order valence-corrected chi connectivity index (χ0v) is 10.0. The van der Waals surface area contributed by atoms with Crippen molar-refractivity contribution in [3.63, 3.8) is 0 Å². The van der Waals surface area contributed by atoms with E-state index < -0.39 is 0 Å². The third-order valence-corrected chi connectivity index (χ3v) is 1.61. The molecule has 0 unspecified atom stereocenters. The van der Waals surface area contributed by atoms with Crippen molar-refractivity contribution in [2.24, 2.45) is 0 Å². The average molecular weight is 233 g/mol. The molecule has 0 aliphatic carbocycles. The van der Waals surface area contributed by atoms with Crippen LogP contribution >= 0.6 is 0 Å². The molecule has 3 heteroatoms. The van der Waals surface area contributed by atoms with Crippen molar-refractivity contribution < 1.29 is 5.11 Å². The molecule has 0 aliphatic heterocycles. The Bertz CT molecular complexity index is 384. The molecule has 1 N–H and O–H groups in total. The molecule has 0 saturated carbocycles. The van der Waals surface area contributed by atoms with E-state index in [2.05, 4.69) is 4.98 Å². The molecule has 1 aromatic heterocycles. The van der Waals surface area contributed by atoms with Crippen molar-refractivity contribution in [3.05, 3.63) is 36.5 Å². The molecular weight excluding hydrogens is 226 g/mol. The minimum absolute atomic E-state index is 0. The van der Waals surface area contributed by atoms with Crippen molar-refractivity contribution >= 4 is 56.4 Å². The molecule has 0 amide bonds. The van der Waals surface area contributed by atoms with Gasteiger partial charge in [-0.05, 0) is 12.1 Å². The second-order valence-electron chi connectivity index (χ2n) is 2.35. The van der Waals surface area contributed by atoms with E-state index >= 15 is 0 Å². The predicted molar refractivity (Wildman–Crippen MR) is 49.2 cm³/mol. The van der Waals surface area contributed by atoms with Gasteiger partial charge in [-0.15, -0.1) is 0 Å². The fraction of sp³-hybridized carbons (Fsp3) is 0. The predicted octanol–water partition coefficient (Wildman–Crippen LogP) is 1.56. The summed E-state index contributed by atoms with van der Waals surface area (Å²) in [5.41, 5.74) is 0.662. The number of aromatic nitrogens is 1. The summed E-state index contributed by atoms with van der Waals surface area (Å²) in [6.45, 7) is 0. The third-order valence-electron chi connectivity index (χ3n) is 1.61. The molecule has 0 spiro atoms. The van der Waals surface area contributed by atoms with Gasteiger partial charge in [0, 0.05) is 57.1 Å². The molecule has 0 atom stereocenters. The Morgan fingerprint density at radius 1 is 1.08 bits per heavy atom. The van der Waals surface area contributed by atoms with Gasteiger partial charge in [-0.3, -0.25) is 4.98 Å². The summed E-state index contributed by atoms with van der Waals surface area (Å²) in [6, 6.07) is 9.13. The van der Waals surface area contributed by atoms with Crippen LogP contribution in [-0.4, -0.2) is 55.6 Å². The number of phenolic OH excluding ortho intramolecular Hbond substituents is 1. The number of nitrogens with zero attached hydrogens (tertiary/aromatic N) is 1. The van der Waals surface area contributed by atoms with Crippen LogP contribution in [0.3, 0.4) is 0 Å². The van der Waals surface area contributed by atoms with Gasteiger partial charge in [0.05, 0.1) is 0 Å². The van der Waals surface area contributed by atoms with E-state index in [-0.39, 0.29) is 51.2 Å². The van der Waals surface area contributed by atoms with Crippen molar-refractivity contribution in [1.29, 1.82) is 0 Å². The molecule has 2 nitrogen and oxygen atoms in total. The number of hydrogen-bond acceptors (Lipinski definition) is 2. The first-order chi connectivity index (χ1) is 5.38. The summed E-state index contributed by atoms with van der Waals surface area (Å²) in [5, 5.41) is 10.3. The normalized spacial score (nSPS) is 9.33. The molecule has 1 heterocycles. The van der Waals surface area contributed by atoms with Crippen LogP contribution < -0.4 is 0 Å².